The van der Waals surface area contributed by atoms with Crippen LogP contribution in [-0.4, -0.2) is 14.3 Å². The minimum atomic E-state index is -0.565. The number of ether oxygens (including phenoxy) is 1. The summed E-state index contributed by atoms with van der Waals surface area (Å²) >= 11 is 1.32. The lowest BCUT2D eigenvalue weighted by atomic mass is 10.2. The molecule has 154 valence electrons. The third-order valence-electron chi connectivity index (χ3n) is 4.85. The number of hydrogen-bond donors (Lipinski definition) is 0. The van der Waals surface area contributed by atoms with Crippen molar-refractivity contribution in [2.45, 2.75) is 0 Å². The quantitative estimate of drug-likeness (QED) is 0.308. The number of aromatic nitrogens is 2. The van der Waals surface area contributed by atoms with Crippen LogP contribution in [0, 0.1) is 21.4 Å². The Hall–Kier alpha value is -4.55. The van der Waals surface area contributed by atoms with Crippen LogP contribution in [0.5, 0.6) is 11.5 Å². The second-order valence-corrected chi connectivity index (χ2v) is 7.86. The van der Waals surface area contributed by atoms with Gasteiger partial charge in [-0.25, -0.2) is 9.38 Å². The van der Waals surface area contributed by atoms with Crippen LogP contribution in [0.1, 0.15) is 11.1 Å². The summed E-state index contributed by atoms with van der Waals surface area (Å²) in [6.07, 6.45) is 1.78. The maximum Gasteiger partial charge on any atom is 0.274 e. The van der Waals surface area contributed by atoms with E-state index in [9.17, 15) is 20.2 Å². The lowest BCUT2D eigenvalue weighted by Gasteiger charge is -2.07. The zero-order valence-corrected chi connectivity index (χ0v) is 17.1. The molecule has 0 aliphatic carbocycles. The average molecular weight is 440 g/mol. The highest BCUT2D eigenvalue weighted by Crippen LogP contribution is 2.28. The van der Waals surface area contributed by atoms with Crippen molar-refractivity contribution in [1.29, 1.82) is 5.26 Å². The molecule has 3 aromatic carbocycles. The van der Waals surface area contributed by atoms with E-state index in [1.54, 1.807) is 34.7 Å². The fourth-order valence-corrected chi connectivity index (χ4v) is 4.32. The van der Waals surface area contributed by atoms with E-state index in [-0.39, 0.29) is 22.6 Å². The minimum Gasteiger partial charge on any atom is -0.456 e. The van der Waals surface area contributed by atoms with Crippen LogP contribution < -0.4 is 14.8 Å². The summed E-state index contributed by atoms with van der Waals surface area (Å²) in [5, 5.41) is 20.1. The number of nitriles is 1. The summed E-state index contributed by atoms with van der Waals surface area (Å²) in [4.78, 5) is 28.3. The molecule has 0 fully saturated rings. The molecule has 0 aliphatic rings. The van der Waals surface area contributed by atoms with Gasteiger partial charge in [-0.3, -0.25) is 14.9 Å². The molecule has 5 rings (SSSR count). The average Bonchev–Trinajstić information content (AvgIpc) is 3.31. The van der Waals surface area contributed by atoms with Crippen LogP contribution in [0.2, 0.25) is 0 Å². The number of para-hydroxylation sites is 2. The number of benzene rings is 3. The van der Waals surface area contributed by atoms with Crippen molar-refractivity contribution in [2.75, 3.05) is 0 Å². The van der Waals surface area contributed by atoms with Crippen LogP contribution in [0.3, 0.4) is 0 Å². The largest absolute Gasteiger partial charge is 0.456 e. The molecule has 5 aromatic rings. The Bertz CT molecular complexity index is 1660. The van der Waals surface area contributed by atoms with Gasteiger partial charge in [-0.2, -0.15) is 5.26 Å². The van der Waals surface area contributed by atoms with E-state index >= 15 is 0 Å². The number of thiazole rings is 1. The molecule has 0 saturated heterocycles. The van der Waals surface area contributed by atoms with Crippen molar-refractivity contribution >= 4 is 39.1 Å². The van der Waals surface area contributed by atoms with Gasteiger partial charge in [0, 0.05) is 12.1 Å². The molecule has 8 nitrogen and oxygen atoms in total. The third kappa shape index (κ3) is 3.34. The maximum atomic E-state index is 12.9. The molecule has 2 aromatic heterocycles. The monoisotopic (exact) mass is 440 g/mol. The summed E-state index contributed by atoms with van der Waals surface area (Å²) < 4.78 is 7.89. The number of rotatable bonds is 4. The molecule has 0 atom stereocenters. The van der Waals surface area contributed by atoms with E-state index < -0.39 is 4.92 Å². The fraction of sp³-hybridized carbons (Fsp3) is 0. The van der Waals surface area contributed by atoms with Crippen LogP contribution in [-0.2, 0) is 0 Å². The highest BCUT2D eigenvalue weighted by atomic mass is 32.1. The molecule has 0 aliphatic heterocycles. The molecule has 0 radical (unpaired) electrons. The summed E-state index contributed by atoms with van der Waals surface area (Å²) in [5.41, 5.74) is 2.13. The number of nitro groups is 1. The predicted octanol–water partition coefficient (Wildman–Crippen LogP) is 4.03. The Kier molecular flexibility index (Phi) is 4.62. The number of imidazole rings is 1. The molecule has 32 heavy (non-hydrogen) atoms. The molecular weight excluding hydrogens is 428 g/mol. The van der Waals surface area contributed by atoms with Gasteiger partial charge in [-0.15, -0.1) is 0 Å². The normalized spacial score (nSPS) is 11.7. The van der Waals surface area contributed by atoms with Gasteiger partial charge >= 0.3 is 0 Å². The van der Waals surface area contributed by atoms with E-state index in [0.29, 0.717) is 15.2 Å². The summed E-state index contributed by atoms with van der Waals surface area (Å²) in [7, 11) is 0. The maximum absolute atomic E-state index is 12.9. The lowest BCUT2D eigenvalue weighted by molar-refractivity contribution is -0.384. The van der Waals surface area contributed by atoms with Gasteiger partial charge in [0.2, 0.25) is 0 Å². The molecule has 9 heteroatoms. The van der Waals surface area contributed by atoms with E-state index in [1.807, 2.05) is 30.3 Å². The molecule has 0 unspecified atom stereocenters. The predicted molar refractivity (Wildman–Crippen MR) is 120 cm³/mol. The Morgan fingerprint density at radius 1 is 1.12 bits per heavy atom. The SMILES string of the molecule is N#Cc1cc([N+](=O)[O-])ccc1Oc1ccc(/C=c2/sc3nc4ccccc4n3c2=O)cc1. The van der Waals surface area contributed by atoms with Crippen LogP contribution in [0.15, 0.2) is 71.5 Å². The summed E-state index contributed by atoms with van der Waals surface area (Å²) in [6, 6.07) is 20.2. The first-order valence-corrected chi connectivity index (χ1v) is 10.2. The molecule has 0 spiro atoms. The van der Waals surface area contributed by atoms with Crippen LogP contribution >= 0.6 is 11.3 Å². The second-order valence-electron chi connectivity index (χ2n) is 6.85. The van der Waals surface area contributed by atoms with Crippen molar-refractivity contribution in [3.05, 3.63) is 103 Å². The zero-order chi connectivity index (χ0) is 22.2. The number of nitrogens with zero attached hydrogens (tertiary/aromatic N) is 4. The van der Waals surface area contributed by atoms with Crippen molar-refractivity contribution in [3.8, 4) is 17.6 Å². The molecule has 0 saturated carbocycles. The first-order valence-electron chi connectivity index (χ1n) is 9.42. The number of nitro benzene ring substituents is 1. The molecule has 0 N–H and O–H groups in total. The first kappa shape index (κ1) is 19.4. The Labute approximate surface area is 184 Å². The van der Waals surface area contributed by atoms with E-state index in [4.69, 9.17) is 4.74 Å². The first-order chi connectivity index (χ1) is 15.5. The Balaban J connectivity index is 1.45. The molecule has 0 amide bonds. The van der Waals surface area contributed by atoms with Crippen molar-refractivity contribution < 1.29 is 9.66 Å². The number of non-ortho nitro benzene ring substituents is 1. The van der Waals surface area contributed by atoms with Crippen LogP contribution in [0.25, 0.3) is 22.1 Å². The smallest absolute Gasteiger partial charge is 0.274 e. The highest BCUT2D eigenvalue weighted by Gasteiger charge is 2.13. The standard InChI is InChI=1S/C23H12N4O4S/c24-13-15-12-16(27(29)30)7-10-20(15)31-17-8-5-14(6-9-17)11-21-22(28)26-19-4-2-1-3-18(19)25-23(26)32-21/h1-12H/b21-11+. The van der Waals surface area contributed by atoms with Gasteiger partial charge in [0.05, 0.1) is 20.5 Å². The molecule has 2 heterocycles. The molecule has 0 bridgehead atoms. The highest BCUT2D eigenvalue weighted by molar-refractivity contribution is 7.15. The van der Waals surface area contributed by atoms with Crippen molar-refractivity contribution in [1.82, 2.24) is 9.38 Å². The van der Waals surface area contributed by atoms with Gasteiger partial charge in [0.1, 0.15) is 23.1 Å². The van der Waals surface area contributed by atoms with Gasteiger partial charge in [-0.05, 0) is 42.0 Å². The van der Waals surface area contributed by atoms with Crippen LogP contribution in [0.4, 0.5) is 5.69 Å². The Morgan fingerprint density at radius 3 is 2.66 bits per heavy atom. The van der Waals surface area contributed by atoms with Gasteiger partial charge in [0.25, 0.3) is 11.2 Å². The summed E-state index contributed by atoms with van der Waals surface area (Å²) in [6.45, 7) is 0. The minimum absolute atomic E-state index is 0.0694. The van der Waals surface area contributed by atoms with Gasteiger partial charge in [0.15, 0.2) is 4.96 Å². The van der Waals surface area contributed by atoms with E-state index in [0.717, 1.165) is 16.6 Å². The second kappa shape index (κ2) is 7.61. The van der Waals surface area contributed by atoms with E-state index in [2.05, 4.69) is 4.98 Å². The van der Waals surface area contributed by atoms with Gasteiger partial charge in [-0.1, -0.05) is 35.6 Å². The summed E-state index contributed by atoms with van der Waals surface area (Å²) in [5.74, 6) is 0.685. The number of fused-ring (bicyclic) bond motifs is 3. The topological polar surface area (TPSA) is 111 Å². The number of hydrogen-bond acceptors (Lipinski definition) is 7. The molecular formula is C23H12N4O4S. The van der Waals surface area contributed by atoms with E-state index in [1.165, 1.54) is 29.5 Å². The lowest BCUT2D eigenvalue weighted by Crippen LogP contribution is -2.22. The van der Waals surface area contributed by atoms with Gasteiger partial charge < -0.3 is 4.74 Å². The third-order valence-corrected chi connectivity index (χ3v) is 5.81. The fourth-order valence-electron chi connectivity index (χ4n) is 3.33. The zero-order valence-electron chi connectivity index (χ0n) is 16.3. The Morgan fingerprint density at radius 2 is 1.91 bits per heavy atom. The van der Waals surface area contributed by atoms with Crippen molar-refractivity contribution in [3.63, 3.8) is 0 Å². The van der Waals surface area contributed by atoms with Crippen molar-refractivity contribution in [2.24, 2.45) is 0 Å².